The maximum Gasteiger partial charge on any atom is 0.408 e. The zero-order chi connectivity index (χ0) is 27.5. The molecule has 1 rings (SSSR count). The van der Waals surface area contributed by atoms with E-state index in [2.05, 4.69) is 17.6 Å². The van der Waals surface area contributed by atoms with Gasteiger partial charge in [-0.3, -0.25) is 9.59 Å². The zero-order valence-corrected chi connectivity index (χ0v) is 24.5. The van der Waals surface area contributed by atoms with Crippen LogP contribution in [0.25, 0.3) is 0 Å². The van der Waals surface area contributed by atoms with Crippen molar-refractivity contribution < 1.29 is 19.1 Å². The highest BCUT2D eigenvalue weighted by Crippen LogP contribution is 2.25. The van der Waals surface area contributed by atoms with Crippen LogP contribution in [0.5, 0.6) is 0 Å². The number of unbranched alkanes of at least 4 members (excludes halogenated alkanes) is 1. The Bertz CT molecular complexity index is 844. The van der Waals surface area contributed by atoms with Gasteiger partial charge in [-0.1, -0.05) is 44.5 Å². The van der Waals surface area contributed by atoms with Crippen LogP contribution < -0.4 is 10.6 Å². The maximum absolute atomic E-state index is 14.0. The van der Waals surface area contributed by atoms with Gasteiger partial charge >= 0.3 is 6.09 Å². The molecule has 3 amide bonds. The van der Waals surface area contributed by atoms with Gasteiger partial charge < -0.3 is 20.3 Å². The lowest BCUT2D eigenvalue weighted by Gasteiger charge is -2.36. The minimum Gasteiger partial charge on any atom is -0.444 e. The Morgan fingerprint density at radius 3 is 2.11 bits per heavy atom. The van der Waals surface area contributed by atoms with Crippen molar-refractivity contribution in [2.24, 2.45) is 0 Å². The van der Waals surface area contributed by atoms with Crippen molar-refractivity contribution in [2.75, 3.05) is 18.6 Å². The summed E-state index contributed by atoms with van der Waals surface area (Å²) >= 11 is 1.60. The SMILES string of the molecule is CCCCN(C(=O)C(CCSC)NC(=O)OC(C)(C)C)C(C(=O)NC(C)(C)C)c1ccc(CC)cc1. The fourth-order valence-corrected chi connectivity index (χ4v) is 4.16. The number of hydrogen-bond acceptors (Lipinski definition) is 5. The van der Waals surface area contributed by atoms with Crippen molar-refractivity contribution in [2.45, 2.75) is 104 Å². The van der Waals surface area contributed by atoms with Crippen molar-refractivity contribution in [3.63, 3.8) is 0 Å². The Balaban J connectivity index is 3.47. The van der Waals surface area contributed by atoms with E-state index >= 15 is 0 Å². The van der Waals surface area contributed by atoms with E-state index < -0.39 is 29.3 Å². The first-order chi connectivity index (χ1) is 16.7. The number of benzene rings is 1. The Morgan fingerprint density at radius 1 is 1.03 bits per heavy atom. The molecule has 204 valence electrons. The lowest BCUT2D eigenvalue weighted by Crippen LogP contribution is -2.55. The normalized spacial score (nSPS) is 13.5. The third-order valence-corrected chi connectivity index (χ3v) is 6.04. The number of rotatable bonds is 12. The van der Waals surface area contributed by atoms with E-state index in [-0.39, 0.29) is 11.8 Å². The Morgan fingerprint density at radius 2 is 1.64 bits per heavy atom. The summed E-state index contributed by atoms with van der Waals surface area (Å²) < 4.78 is 5.44. The van der Waals surface area contributed by atoms with Crippen molar-refractivity contribution in [3.8, 4) is 0 Å². The second kappa shape index (κ2) is 14.5. The quantitative estimate of drug-likeness (QED) is 0.380. The van der Waals surface area contributed by atoms with Crippen LogP contribution in [0.4, 0.5) is 4.79 Å². The summed E-state index contributed by atoms with van der Waals surface area (Å²) in [6, 6.07) is 6.24. The van der Waals surface area contributed by atoms with E-state index in [1.165, 1.54) is 0 Å². The number of carbonyl (C=O) groups is 3. The molecule has 7 nitrogen and oxygen atoms in total. The molecule has 0 aliphatic rings. The maximum atomic E-state index is 14.0. The first-order valence-electron chi connectivity index (χ1n) is 12.9. The van der Waals surface area contributed by atoms with Crippen molar-refractivity contribution in [3.05, 3.63) is 35.4 Å². The third-order valence-electron chi connectivity index (χ3n) is 5.40. The van der Waals surface area contributed by atoms with Crippen LogP contribution in [0.3, 0.4) is 0 Å². The Hall–Kier alpha value is -2.22. The minimum absolute atomic E-state index is 0.239. The monoisotopic (exact) mass is 521 g/mol. The van der Waals surface area contributed by atoms with Crippen LogP contribution in [0.1, 0.15) is 91.8 Å². The molecule has 1 aromatic carbocycles. The number of aryl methyl sites for hydroxylation is 1. The minimum atomic E-state index is -0.814. The standard InChI is InChI=1S/C28H47N3O4S/c1-10-12-18-31(25(33)22(17-19-36-9)29-26(34)35-28(6,7)8)23(24(32)30-27(3,4)5)21-15-13-20(11-2)14-16-21/h13-16,22-23H,10-12,17-19H2,1-9H3,(H,29,34)(H,30,32). The van der Waals surface area contributed by atoms with Gasteiger partial charge in [0.05, 0.1) is 0 Å². The Kier molecular flexibility index (Phi) is 12.8. The summed E-state index contributed by atoms with van der Waals surface area (Å²) in [5.74, 6) is 0.159. The molecule has 0 saturated heterocycles. The summed E-state index contributed by atoms with van der Waals surface area (Å²) in [4.78, 5) is 41.9. The molecule has 0 aliphatic heterocycles. The summed E-state index contributed by atoms with van der Waals surface area (Å²) in [5.41, 5.74) is 0.754. The molecular weight excluding hydrogens is 474 g/mol. The van der Waals surface area contributed by atoms with E-state index in [9.17, 15) is 14.4 Å². The third kappa shape index (κ3) is 11.2. The van der Waals surface area contributed by atoms with E-state index in [4.69, 9.17) is 4.74 Å². The van der Waals surface area contributed by atoms with E-state index in [1.54, 1.807) is 37.4 Å². The number of nitrogens with zero attached hydrogens (tertiary/aromatic N) is 1. The van der Waals surface area contributed by atoms with Gasteiger partial charge in [0.2, 0.25) is 11.8 Å². The number of ether oxygens (including phenoxy) is 1. The molecule has 36 heavy (non-hydrogen) atoms. The number of carbonyl (C=O) groups excluding carboxylic acids is 3. The number of thioether (sulfide) groups is 1. The van der Waals surface area contributed by atoms with Gasteiger partial charge in [-0.05, 0) is 83.9 Å². The highest BCUT2D eigenvalue weighted by molar-refractivity contribution is 7.98. The van der Waals surface area contributed by atoms with Gasteiger partial charge in [-0.15, -0.1) is 0 Å². The molecule has 0 radical (unpaired) electrons. The highest BCUT2D eigenvalue weighted by atomic mass is 32.2. The zero-order valence-electron chi connectivity index (χ0n) is 23.7. The van der Waals surface area contributed by atoms with Gasteiger partial charge in [0.25, 0.3) is 0 Å². The first kappa shape index (κ1) is 31.8. The number of amides is 3. The second-order valence-electron chi connectivity index (χ2n) is 11.1. The summed E-state index contributed by atoms with van der Waals surface area (Å²) in [6.07, 6.45) is 4.23. The average molecular weight is 522 g/mol. The molecule has 0 heterocycles. The van der Waals surface area contributed by atoms with Gasteiger partial charge in [0.15, 0.2) is 0 Å². The van der Waals surface area contributed by atoms with Gasteiger partial charge in [-0.25, -0.2) is 4.79 Å². The summed E-state index contributed by atoms with van der Waals surface area (Å²) in [5, 5.41) is 5.84. The molecule has 1 aromatic rings. The van der Waals surface area contributed by atoms with E-state index in [0.717, 1.165) is 30.4 Å². The molecule has 0 fully saturated rings. The fraction of sp³-hybridized carbons (Fsp3) is 0.679. The fourth-order valence-electron chi connectivity index (χ4n) is 3.68. The van der Waals surface area contributed by atoms with Gasteiger partial charge in [0.1, 0.15) is 17.7 Å². The van der Waals surface area contributed by atoms with Crippen molar-refractivity contribution in [1.82, 2.24) is 15.5 Å². The van der Waals surface area contributed by atoms with Crippen LogP contribution in [-0.4, -0.2) is 58.5 Å². The number of nitrogens with one attached hydrogen (secondary N) is 2. The average Bonchev–Trinajstić information content (AvgIpc) is 2.76. The second-order valence-corrected chi connectivity index (χ2v) is 12.1. The molecule has 0 saturated carbocycles. The van der Waals surface area contributed by atoms with Gasteiger partial charge in [0, 0.05) is 12.1 Å². The smallest absolute Gasteiger partial charge is 0.408 e. The molecular formula is C28H47N3O4S. The van der Waals surface area contributed by atoms with Crippen molar-refractivity contribution in [1.29, 1.82) is 0 Å². The van der Waals surface area contributed by atoms with E-state index in [1.807, 2.05) is 58.2 Å². The highest BCUT2D eigenvalue weighted by Gasteiger charge is 2.36. The van der Waals surface area contributed by atoms with Crippen LogP contribution in [0.15, 0.2) is 24.3 Å². The number of alkyl carbamates (subject to hydrolysis) is 1. The molecule has 2 atom stereocenters. The predicted molar refractivity (Wildman–Crippen MR) is 149 cm³/mol. The molecule has 2 N–H and O–H groups in total. The van der Waals surface area contributed by atoms with Crippen LogP contribution in [0, 0.1) is 0 Å². The van der Waals surface area contributed by atoms with Gasteiger partial charge in [-0.2, -0.15) is 11.8 Å². The van der Waals surface area contributed by atoms with Crippen LogP contribution in [-0.2, 0) is 20.7 Å². The predicted octanol–water partition coefficient (Wildman–Crippen LogP) is 5.48. The topological polar surface area (TPSA) is 87.7 Å². The molecule has 0 aromatic heterocycles. The lowest BCUT2D eigenvalue weighted by atomic mass is 9.98. The molecule has 2 unspecified atom stereocenters. The van der Waals surface area contributed by atoms with Crippen LogP contribution in [0.2, 0.25) is 0 Å². The van der Waals surface area contributed by atoms with Crippen LogP contribution >= 0.6 is 11.8 Å². The summed E-state index contributed by atoms with van der Waals surface area (Å²) in [7, 11) is 0. The largest absolute Gasteiger partial charge is 0.444 e. The Labute approximate surface area is 222 Å². The molecule has 0 bridgehead atoms. The molecule has 0 aliphatic carbocycles. The number of hydrogen-bond donors (Lipinski definition) is 2. The summed E-state index contributed by atoms with van der Waals surface area (Å²) in [6.45, 7) is 15.6. The molecule has 8 heteroatoms. The first-order valence-corrected chi connectivity index (χ1v) is 14.3. The molecule has 0 spiro atoms. The lowest BCUT2D eigenvalue weighted by molar-refractivity contribution is -0.143. The van der Waals surface area contributed by atoms with Crippen molar-refractivity contribution >= 4 is 29.7 Å². The van der Waals surface area contributed by atoms with E-state index in [0.29, 0.717) is 18.7 Å².